The largest absolute Gasteiger partial charge is 0.347 e. The molecule has 1 unspecified atom stereocenters. The van der Waals surface area contributed by atoms with Crippen LogP contribution in [0.4, 0.5) is 0 Å². The third kappa shape index (κ3) is 3.43. The summed E-state index contributed by atoms with van der Waals surface area (Å²) in [5.41, 5.74) is 7.97. The van der Waals surface area contributed by atoms with Crippen LogP contribution in [0, 0.1) is 6.92 Å². The zero-order valence-electron chi connectivity index (χ0n) is 11.1. The van der Waals surface area contributed by atoms with Crippen LogP contribution in [0.1, 0.15) is 35.0 Å². The van der Waals surface area contributed by atoms with E-state index in [9.17, 15) is 4.79 Å². The predicted octanol–water partition coefficient (Wildman–Crippen LogP) is 2.93. The van der Waals surface area contributed by atoms with Gasteiger partial charge in [-0.15, -0.1) is 11.3 Å². The SMILES string of the molecule is Cc1ccc(C(N)C(=O)N[C@H](C)c2cccs2)cc1. The van der Waals surface area contributed by atoms with Gasteiger partial charge in [0.2, 0.25) is 5.91 Å². The molecule has 100 valence electrons. The van der Waals surface area contributed by atoms with Crippen LogP contribution in [0.25, 0.3) is 0 Å². The van der Waals surface area contributed by atoms with Crippen molar-refractivity contribution in [2.24, 2.45) is 5.73 Å². The summed E-state index contributed by atoms with van der Waals surface area (Å²) in [7, 11) is 0. The fourth-order valence-corrected chi connectivity index (χ4v) is 2.57. The average Bonchev–Trinajstić information content (AvgIpc) is 2.92. The maximum absolute atomic E-state index is 12.1. The van der Waals surface area contributed by atoms with Gasteiger partial charge in [0, 0.05) is 4.88 Å². The Bertz CT molecular complexity index is 534. The quantitative estimate of drug-likeness (QED) is 0.900. The number of aryl methyl sites for hydroxylation is 1. The number of carbonyl (C=O) groups is 1. The lowest BCUT2D eigenvalue weighted by Gasteiger charge is -2.17. The molecule has 4 heteroatoms. The fourth-order valence-electron chi connectivity index (χ4n) is 1.84. The van der Waals surface area contributed by atoms with Gasteiger partial charge in [-0.3, -0.25) is 4.79 Å². The van der Waals surface area contributed by atoms with Gasteiger partial charge in [-0.2, -0.15) is 0 Å². The summed E-state index contributed by atoms with van der Waals surface area (Å²) in [5, 5.41) is 4.94. The first kappa shape index (κ1) is 13.8. The van der Waals surface area contributed by atoms with Crippen LogP contribution in [0.5, 0.6) is 0 Å². The maximum atomic E-state index is 12.1. The second-order valence-corrected chi connectivity index (χ2v) is 5.61. The third-order valence-corrected chi connectivity index (χ3v) is 4.10. The number of nitrogens with one attached hydrogen (secondary N) is 1. The summed E-state index contributed by atoms with van der Waals surface area (Å²) >= 11 is 1.63. The molecule has 1 heterocycles. The Morgan fingerprint density at radius 2 is 1.95 bits per heavy atom. The molecule has 1 amide bonds. The topological polar surface area (TPSA) is 55.1 Å². The minimum atomic E-state index is -0.622. The van der Waals surface area contributed by atoms with Crippen LogP contribution >= 0.6 is 11.3 Å². The van der Waals surface area contributed by atoms with Gasteiger partial charge in [-0.1, -0.05) is 35.9 Å². The minimum Gasteiger partial charge on any atom is -0.347 e. The van der Waals surface area contributed by atoms with Crippen molar-refractivity contribution in [2.45, 2.75) is 25.9 Å². The summed E-state index contributed by atoms with van der Waals surface area (Å²) < 4.78 is 0. The zero-order chi connectivity index (χ0) is 13.8. The van der Waals surface area contributed by atoms with Crippen molar-refractivity contribution in [3.05, 3.63) is 57.8 Å². The molecule has 1 aromatic heterocycles. The Labute approximate surface area is 117 Å². The lowest BCUT2D eigenvalue weighted by Crippen LogP contribution is -2.35. The number of nitrogens with two attached hydrogens (primary N) is 1. The molecule has 2 aromatic rings. The minimum absolute atomic E-state index is 0.0102. The molecule has 1 aromatic carbocycles. The van der Waals surface area contributed by atoms with Crippen LogP contribution in [-0.2, 0) is 4.79 Å². The normalized spacial score (nSPS) is 13.8. The second-order valence-electron chi connectivity index (χ2n) is 4.63. The first-order chi connectivity index (χ1) is 9.08. The van der Waals surface area contributed by atoms with E-state index < -0.39 is 6.04 Å². The van der Waals surface area contributed by atoms with Gasteiger partial charge < -0.3 is 11.1 Å². The lowest BCUT2D eigenvalue weighted by molar-refractivity contribution is -0.123. The van der Waals surface area contributed by atoms with Crippen LogP contribution in [0.3, 0.4) is 0 Å². The van der Waals surface area contributed by atoms with E-state index in [1.165, 1.54) is 0 Å². The smallest absolute Gasteiger partial charge is 0.242 e. The first-order valence-electron chi connectivity index (χ1n) is 6.24. The highest BCUT2D eigenvalue weighted by atomic mass is 32.1. The molecule has 19 heavy (non-hydrogen) atoms. The molecule has 2 atom stereocenters. The summed E-state index contributed by atoms with van der Waals surface area (Å²) in [6, 6.07) is 11.1. The van der Waals surface area contributed by atoms with Crippen molar-refractivity contribution < 1.29 is 4.79 Å². The standard InChI is InChI=1S/C15H18N2OS/c1-10-5-7-12(8-6-10)14(16)15(18)17-11(2)13-4-3-9-19-13/h3-9,11,14H,16H2,1-2H3,(H,17,18)/t11-,14?/m1/s1. The zero-order valence-corrected chi connectivity index (χ0v) is 11.9. The highest BCUT2D eigenvalue weighted by molar-refractivity contribution is 7.10. The van der Waals surface area contributed by atoms with E-state index in [-0.39, 0.29) is 11.9 Å². The van der Waals surface area contributed by atoms with Crippen LogP contribution in [0.15, 0.2) is 41.8 Å². The van der Waals surface area contributed by atoms with Crippen molar-refractivity contribution in [1.29, 1.82) is 0 Å². The molecule has 3 N–H and O–H groups in total. The van der Waals surface area contributed by atoms with E-state index in [0.717, 1.165) is 16.0 Å². The Morgan fingerprint density at radius 3 is 2.53 bits per heavy atom. The molecule has 0 saturated carbocycles. The monoisotopic (exact) mass is 274 g/mol. The number of amides is 1. The third-order valence-electron chi connectivity index (χ3n) is 3.05. The molecule has 2 rings (SSSR count). The number of hydrogen-bond acceptors (Lipinski definition) is 3. The van der Waals surface area contributed by atoms with Crippen molar-refractivity contribution in [3.8, 4) is 0 Å². The highest BCUT2D eigenvalue weighted by Gasteiger charge is 2.18. The van der Waals surface area contributed by atoms with E-state index in [1.807, 2.05) is 55.6 Å². The van der Waals surface area contributed by atoms with E-state index in [4.69, 9.17) is 5.73 Å². The van der Waals surface area contributed by atoms with Crippen LogP contribution < -0.4 is 11.1 Å². The predicted molar refractivity (Wildman–Crippen MR) is 79.0 cm³/mol. The van der Waals surface area contributed by atoms with Gasteiger partial charge in [0.15, 0.2) is 0 Å². The van der Waals surface area contributed by atoms with Crippen LogP contribution in [0.2, 0.25) is 0 Å². The Balaban J connectivity index is 2.01. The fraction of sp³-hybridized carbons (Fsp3) is 0.267. The van der Waals surface area contributed by atoms with Gasteiger partial charge >= 0.3 is 0 Å². The van der Waals surface area contributed by atoms with E-state index in [1.54, 1.807) is 11.3 Å². The molecule has 0 radical (unpaired) electrons. The Morgan fingerprint density at radius 1 is 1.26 bits per heavy atom. The number of carbonyl (C=O) groups excluding carboxylic acids is 1. The Hall–Kier alpha value is -1.65. The van der Waals surface area contributed by atoms with Crippen molar-refractivity contribution in [1.82, 2.24) is 5.32 Å². The first-order valence-corrected chi connectivity index (χ1v) is 7.12. The molecule has 0 fully saturated rings. The van der Waals surface area contributed by atoms with E-state index >= 15 is 0 Å². The Kier molecular flexibility index (Phi) is 4.35. The summed E-state index contributed by atoms with van der Waals surface area (Å²) in [4.78, 5) is 13.2. The number of rotatable bonds is 4. The summed E-state index contributed by atoms with van der Waals surface area (Å²) in [5.74, 6) is -0.148. The van der Waals surface area contributed by atoms with E-state index in [0.29, 0.717) is 0 Å². The molecule has 0 saturated heterocycles. The number of hydrogen-bond donors (Lipinski definition) is 2. The molecular formula is C15H18N2OS. The summed E-state index contributed by atoms with van der Waals surface area (Å²) in [6.45, 7) is 3.97. The molecule has 0 aliphatic heterocycles. The van der Waals surface area contributed by atoms with Gasteiger partial charge in [-0.05, 0) is 30.9 Å². The molecule has 0 spiro atoms. The van der Waals surface area contributed by atoms with Gasteiger partial charge in [-0.25, -0.2) is 0 Å². The number of benzene rings is 1. The molecule has 3 nitrogen and oxygen atoms in total. The van der Waals surface area contributed by atoms with Gasteiger partial charge in [0.25, 0.3) is 0 Å². The number of thiophene rings is 1. The van der Waals surface area contributed by atoms with Crippen molar-refractivity contribution in [3.63, 3.8) is 0 Å². The van der Waals surface area contributed by atoms with Crippen molar-refractivity contribution >= 4 is 17.2 Å². The summed E-state index contributed by atoms with van der Waals surface area (Å²) in [6.07, 6.45) is 0. The lowest BCUT2D eigenvalue weighted by atomic mass is 10.0. The average molecular weight is 274 g/mol. The maximum Gasteiger partial charge on any atom is 0.242 e. The second kappa shape index (κ2) is 5.99. The molecule has 0 bridgehead atoms. The van der Waals surface area contributed by atoms with E-state index in [2.05, 4.69) is 5.32 Å². The van der Waals surface area contributed by atoms with Gasteiger partial charge in [0.05, 0.1) is 6.04 Å². The molecular weight excluding hydrogens is 256 g/mol. The molecule has 0 aliphatic rings. The van der Waals surface area contributed by atoms with Crippen molar-refractivity contribution in [2.75, 3.05) is 0 Å². The van der Waals surface area contributed by atoms with Crippen LogP contribution in [-0.4, -0.2) is 5.91 Å². The van der Waals surface area contributed by atoms with Gasteiger partial charge in [0.1, 0.15) is 6.04 Å². The highest BCUT2D eigenvalue weighted by Crippen LogP contribution is 2.19. The molecule has 0 aliphatic carbocycles.